The highest BCUT2D eigenvalue weighted by Crippen LogP contribution is 2.39. The monoisotopic (exact) mass is 541 g/mol. The summed E-state index contributed by atoms with van der Waals surface area (Å²) in [6, 6.07) is 19.6. The first-order valence-corrected chi connectivity index (χ1v) is 12.8. The average Bonchev–Trinajstić information content (AvgIpc) is 2.88. The van der Waals surface area contributed by atoms with E-state index in [1.165, 1.54) is 11.8 Å². The third-order valence-electron chi connectivity index (χ3n) is 5.61. The summed E-state index contributed by atoms with van der Waals surface area (Å²) in [6.45, 7) is 1.87. The molecule has 1 atom stereocenters. The van der Waals surface area contributed by atoms with E-state index in [0.717, 1.165) is 11.1 Å². The molecule has 1 aliphatic rings. The van der Waals surface area contributed by atoms with E-state index in [-0.39, 0.29) is 5.91 Å². The highest BCUT2D eigenvalue weighted by molar-refractivity contribution is 8.13. The minimum atomic E-state index is -0.598. The Balaban J connectivity index is 1.68. The van der Waals surface area contributed by atoms with Crippen LogP contribution in [0.1, 0.15) is 24.1 Å². The van der Waals surface area contributed by atoms with Gasteiger partial charge in [0, 0.05) is 38.8 Å². The van der Waals surface area contributed by atoms with Crippen LogP contribution in [-0.4, -0.2) is 25.3 Å². The smallest absolute Gasteiger partial charge is 0.255 e. The average molecular weight is 542 g/mol. The maximum absolute atomic E-state index is 13.5. The molecule has 2 N–H and O–H groups in total. The van der Waals surface area contributed by atoms with E-state index >= 15 is 0 Å². The lowest BCUT2D eigenvalue weighted by Crippen LogP contribution is -2.32. The number of thioether (sulfide) groups is 1. The number of para-hydroxylation sites is 1. The molecule has 0 aliphatic carbocycles. The zero-order chi connectivity index (χ0) is 25.7. The predicted octanol–water partition coefficient (Wildman–Crippen LogP) is 6.86. The number of benzene rings is 3. The van der Waals surface area contributed by atoms with Crippen molar-refractivity contribution in [3.8, 4) is 11.5 Å². The number of carbonyl (C=O) groups excluding carboxylic acids is 1. The fourth-order valence-corrected chi connectivity index (χ4v) is 5.29. The minimum Gasteiger partial charge on any atom is -0.497 e. The van der Waals surface area contributed by atoms with Gasteiger partial charge in [-0.2, -0.15) is 0 Å². The summed E-state index contributed by atoms with van der Waals surface area (Å²) in [5.74, 6) is 1.56. The summed E-state index contributed by atoms with van der Waals surface area (Å²) in [4.78, 5) is 18.4. The van der Waals surface area contributed by atoms with Crippen molar-refractivity contribution in [2.45, 2.75) is 18.7 Å². The number of hydrogen-bond acceptors (Lipinski definition) is 6. The molecule has 1 heterocycles. The van der Waals surface area contributed by atoms with E-state index in [4.69, 9.17) is 37.7 Å². The van der Waals surface area contributed by atoms with Crippen molar-refractivity contribution >= 4 is 51.7 Å². The van der Waals surface area contributed by atoms with Crippen LogP contribution < -0.4 is 20.1 Å². The van der Waals surface area contributed by atoms with Gasteiger partial charge in [-0.05, 0) is 48.9 Å². The standard InChI is InChI=1S/C27H25Cl2N3O3S/c1-16-24(26(33)31-19-7-5-4-6-8-19)25(21-12-11-20(34-2)14-23(21)35-3)32-27(30-16)36-15-17-9-10-18(28)13-22(17)29/h4-14,25H,15H2,1-3H3,(H,30,32)(H,31,33)/t25-/m1/s1. The predicted molar refractivity (Wildman–Crippen MR) is 148 cm³/mol. The molecule has 0 fully saturated rings. The van der Waals surface area contributed by atoms with Crippen LogP contribution in [0.25, 0.3) is 0 Å². The van der Waals surface area contributed by atoms with Gasteiger partial charge in [-0.15, -0.1) is 0 Å². The van der Waals surface area contributed by atoms with E-state index in [1.54, 1.807) is 26.4 Å². The Bertz CT molecular complexity index is 1330. The number of halogens is 2. The number of methoxy groups -OCH3 is 2. The highest BCUT2D eigenvalue weighted by Gasteiger charge is 2.31. The number of amides is 1. The summed E-state index contributed by atoms with van der Waals surface area (Å²) >= 11 is 13.9. The number of ether oxygens (including phenoxy) is 2. The van der Waals surface area contributed by atoms with Gasteiger partial charge in [-0.25, -0.2) is 4.99 Å². The van der Waals surface area contributed by atoms with Crippen molar-refractivity contribution in [3.05, 3.63) is 99.2 Å². The molecule has 6 nitrogen and oxygen atoms in total. The number of anilines is 1. The van der Waals surface area contributed by atoms with Crippen molar-refractivity contribution in [1.29, 1.82) is 0 Å². The molecule has 3 aromatic carbocycles. The largest absolute Gasteiger partial charge is 0.497 e. The minimum absolute atomic E-state index is 0.248. The van der Waals surface area contributed by atoms with Crippen LogP contribution >= 0.6 is 35.0 Å². The number of allylic oxidation sites excluding steroid dienone is 1. The zero-order valence-electron chi connectivity index (χ0n) is 20.0. The molecule has 186 valence electrons. The second-order valence-corrected chi connectivity index (χ2v) is 9.76. The summed E-state index contributed by atoms with van der Waals surface area (Å²) < 4.78 is 11.0. The Morgan fingerprint density at radius 2 is 1.83 bits per heavy atom. The van der Waals surface area contributed by atoms with Gasteiger partial charge in [-0.1, -0.05) is 59.2 Å². The fourth-order valence-electron chi connectivity index (χ4n) is 3.79. The molecule has 0 saturated heterocycles. The third kappa shape index (κ3) is 5.98. The van der Waals surface area contributed by atoms with E-state index in [1.807, 2.05) is 61.5 Å². The summed E-state index contributed by atoms with van der Waals surface area (Å²) in [6.07, 6.45) is 0. The number of rotatable bonds is 7. The Morgan fingerprint density at radius 1 is 1.06 bits per heavy atom. The Hall–Kier alpha value is -3.13. The lowest BCUT2D eigenvalue weighted by atomic mass is 9.95. The molecule has 36 heavy (non-hydrogen) atoms. The number of amidine groups is 1. The van der Waals surface area contributed by atoms with Gasteiger partial charge in [0.15, 0.2) is 5.17 Å². The van der Waals surface area contributed by atoms with Gasteiger partial charge < -0.3 is 20.1 Å². The molecular formula is C27H25Cl2N3O3S. The van der Waals surface area contributed by atoms with Crippen molar-refractivity contribution in [1.82, 2.24) is 5.32 Å². The second kappa shape index (κ2) is 11.7. The van der Waals surface area contributed by atoms with Gasteiger partial charge in [0.1, 0.15) is 17.5 Å². The van der Waals surface area contributed by atoms with Crippen LogP contribution in [0.4, 0.5) is 5.69 Å². The molecule has 1 aliphatic heterocycles. The first-order valence-electron chi connectivity index (χ1n) is 11.1. The lowest BCUT2D eigenvalue weighted by Gasteiger charge is -2.27. The summed E-state index contributed by atoms with van der Waals surface area (Å²) in [7, 11) is 3.18. The summed E-state index contributed by atoms with van der Waals surface area (Å²) in [5, 5.41) is 8.11. The summed E-state index contributed by atoms with van der Waals surface area (Å²) in [5.41, 5.74) is 3.58. The first kappa shape index (κ1) is 25.9. The van der Waals surface area contributed by atoms with Crippen molar-refractivity contribution in [3.63, 3.8) is 0 Å². The molecule has 0 spiro atoms. The Kier molecular flexibility index (Phi) is 8.46. The lowest BCUT2D eigenvalue weighted by molar-refractivity contribution is -0.113. The maximum atomic E-state index is 13.5. The number of nitrogens with zero attached hydrogens (tertiary/aromatic N) is 1. The van der Waals surface area contributed by atoms with Gasteiger partial charge in [-0.3, -0.25) is 4.79 Å². The van der Waals surface area contributed by atoms with Crippen LogP contribution in [0.2, 0.25) is 10.0 Å². The van der Waals surface area contributed by atoms with Gasteiger partial charge in [0.05, 0.1) is 19.8 Å². The first-order chi connectivity index (χ1) is 17.4. The normalized spacial score (nSPS) is 15.1. The SMILES string of the molecule is COc1ccc([C@H]2N=C(SCc3ccc(Cl)cc3Cl)NC(C)=C2C(=O)Nc2ccccc2)c(OC)c1. The molecule has 0 radical (unpaired) electrons. The number of aliphatic imine (C=N–C) groups is 1. The number of nitrogens with one attached hydrogen (secondary N) is 2. The van der Waals surface area contributed by atoms with Crippen LogP contribution in [0.3, 0.4) is 0 Å². The fraction of sp³-hybridized carbons (Fsp3) is 0.185. The number of carbonyl (C=O) groups is 1. The Labute approximate surface area is 224 Å². The Morgan fingerprint density at radius 3 is 2.53 bits per heavy atom. The zero-order valence-corrected chi connectivity index (χ0v) is 22.3. The van der Waals surface area contributed by atoms with Crippen LogP contribution in [-0.2, 0) is 10.5 Å². The van der Waals surface area contributed by atoms with Crippen LogP contribution in [0.5, 0.6) is 11.5 Å². The molecule has 0 unspecified atom stereocenters. The van der Waals surface area contributed by atoms with Crippen LogP contribution in [0, 0.1) is 0 Å². The highest BCUT2D eigenvalue weighted by atomic mass is 35.5. The molecule has 0 aromatic heterocycles. The topological polar surface area (TPSA) is 72.0 Å². The van der Waals surface area contributed by atoms with Gasteiger partial charge in [0.25, 0.3) is 5.91 Å². The van der Waals surface area contributed by atoms with E-state index in [2.05, 4.69) is 10.6 Å². The maximum Gasteiger partial charge on any atom is 0.255 e. The van der Waals surface area contributed by atoms with E-state index in [0.29, 0.717) is 49.4 Å². The van der Waals surface area contributed by atoms with Crippen molar-refractivity contribution in [2.75, 3.05) is 19.5 Å². The quantitative estimate of drug-likeness (QED) is 0.342. The third-order valence-corrected chi connectivity index (χ3v) is 7.13. The molecule has 4 rings (SSSR count). The molecule has 3 aromatic rings. The molecule has 0 saturated carbocycles. The molecule has 1 amide bonds. The van der Waals surface area contributed by atoms with Gasteiger partial charge >= 0.3 is 0 Å². The molecule has 9 heteroatoms. The van der Waals surface area contributed by atoms with Gasteiger partial charge in [0.2, 0.25) is 0 Å². The van der Waals surface area contributed by atoms with Crippen molar-refractivity contribution < 1.29 is 14.3 Å². The van der Waals surface area contributed by atoms with Crippen LogP contribution in [0.15, 0.2) is 83.0 Å². The molecule has 0 bridgehead atoms. The second-order valence-electron chi connectivity index (χ2n) is 7.95. The number of hydrogen-bond donors (Lipinski definition) is 2. The van der Waals surface area contributed by atoms with E-state index < -0.39 is 6.04 Å². The van der Waals surface area contributed by atoms with E-state index in [9.17, 15) is 4.79 Å². The van der Waals surface area contributed by atoms with Crippen molar-refractivity contribution in [2.24, 2.45) is 4.99 Å². The molecular weight excluding hydrogens is 517 g/mol.